The Morgan fingerprint density at radius 3 is 2.89 bits per heavy atom. The highest BCUT2D eigenvalue weighted by molar-refractivity contribution is 7.09. The lowest BCUT2D eigenvalue weighted by atomic mass is 10.2. The van der Waals surface area contributed by atoms with E-state index in [1.807, 2.05) is 6.92 Å². The Labute approximate surface area is 114 Å². The largest absolute Gasteiger partial charge is 0.462 e. The lowest BCUT2D eigenvalue weighted by molar-refractivity contribution is 0.0526. The van der Waals surface area contributed by atoms with Crippen LogP contribution in [-0.4, -0.2) is 21.9 Å². The van der Waals surface area contributed by atoms with E-state index >= 15 is 0 Å². The molecular weight excluding hydrogens is 264 g/mol. The molecule has 6 nitrogen and oxygen atoms in total. The highest BCUT2D eigenvalue weighted by Crippen LogP contribution is 2.25. The molecule has 1 aromatic heterocycles. The first-order chi connectivity index (χ1) is 9.10. The maximum atomic E-state index is 11.6. The highest BCUT2D eigenvalue weighted by Gasteiger charge is 2.10. The minimum absolute atomic E-state index is 0.336. The average Bonchev–Trinajstić information content (AvgIpc) is 2.78. The van der Waals surface area contributed by atoms with E-state index in [1.54, 1.807) is 25.1 Å². The predicted octanol–water partition coefficient (Wildman–Crippen LogP) is 2.35. The van der Waals surface area contributed by atoms with E-state index in [1.165, 1.54) is 11.5 Å². The van der Waals surface area contributed by atoms with Gasteiger partial charge in [0.15, 0.2) is 0 Å². The van der Waals surface area contributed by atoms with Crippen LogP contribution in [0.5, 0.6) is 0 Å². The number of aryl methyl sites for hydroxylation is 1. The molecule has 0 aliphatic heterocycles. The summed E-state index contributed by atoms with van der Waals surface area (Å²) >= 11 is 1.25. The van der Waals surface area contributed by atoms with Crippen molar-refractivity contribution in [1.82, 2.24) is 9.36 Å². The number of benzene rings is 1. The van der Waals surface area contributed by atoms with Crippen LogP contribution < -0.4 is 11.1 Å². The van der Waals surface area contributed by atoms with E-state index in [4.69, 9.17) is 10.5 Å². The fraction of sp³-hybridized carbons (Fsp3) is 0.250. The van der Waals surface area contributed by atoms with E-state index in [0.717, 1.165) is 0 Å². The van der Waals surface area contributed by atoms with Crippen molar-refractivity contribution in [1.29, 1.82) is 0 Å². The van der Waals surface area contributed by atoms with Crippen molar-refractivity contribution in [3.05, 3.63) is 29.6 Å². The summed E-state index contributed by atoms with van der Waals surface area (Å²) in [5.74, 6) is 0.321. The summed E-state index contributed by atoms with van der Waals surface area (Å²) in [6.45, 7) is 3.91. The molecule has 0 radical (unpaired) electrons. The number of hydrogen-bond donors (Lipinski definition) is 2. The molecule has 1 heterocycles. The number of hydrogen-bond acceptors (Lipinski definition) is 7. The molecule has 3 N–H and O–H groups in total. The summed E-state index contributed by atoms with van der Waals surface area (Å²) < 4.78 is 8.97. The van der Waals surface area contributed by atoms with Crippen molar-refractivity contribution in [2.45, 2.75) is 13.8 Å². The van der Waals surface area contributed by atoms with Crippen LogP contribution in [0.2, 0.25) is 0 Å². The smallest absolute Gasteiger partial charge is 0.338 e. The summed E-state index contributed by atoms with van der Waals surface area (Å²) in [7, 11) is 0. The third kappa shape index (κ3) is 3.19. The number of carbonyl (C=O) groups is 1. The standard InChI is InChI=1S/C12H14N4O2S/c1-3-18-11(17)8-4-5-10(9(13)6-8)15-12-14-7(2)16-19-12/h4-6H,3,13H2,1-2H3,(H,14,15,16). The molecule has 100 valence electrons. The predicted molar refractivity (Wildman–Crippen MR) is 74.7 cm³/mol. The van der Waals surface area contributed by atoms with E-state index in [0.29, 0.717) is 34.5 Å². The number of nitrogens with zero attached hydrogens (tertiary/aromatic N) is 2. The third-order valence-electron chi connectivity index (χ3n) is 2.33. The van der Waals surface area contributed by atoms with Gasteiger partial charge in [-0.3, -0.25) is 0 Å². The fourth-order valence-electron chi connectivity index (χ4n) is 1.48. The summed E-state index contributed by atoms with van der Waals surface area (Å²) in [5.41, 5.74) is 7.47. The molecule has 0 amide bonds. The lowest BCUT2D eigenvalue weighted by Gasteiger charge is -2.08. The van der Waals surface area contributed by atoms with E-state index in [-0.39, 0.29) is 5.97 Å². The fourth-order valence-corrected chi connectivity index (χ4v) is 2.07. The van der Waals surface area contributed by atoms with Crippen LogP contribution in [0.3, 0.4) is 0 Å². The molecule has 0 bridgehead atoms. The Balaban J connectivity index is 2.17. The first kappa shape index (κ1) is 13.3. The van der Waals surface area contributed by atoms with Crippen LogP contribution in [0.15, 0.2) is 18.2 Å². The zero-order valence-electron chi connectivity index (χ0n) is 10.6. The second-order valence-corrected chi connectivity index (χ2v) is 4.55. The number of aromatic nitrogens is 2. The second-order valence-electron chi connectivity index (χ2n) is 3.79. The number of ether oxygens (including phenoxy) is 1. The van der Waals surface area contributed by atoms with Crippen molar-refractivity contribution in [3.8, 4) is 0 Å². The minimum Gasteiger partial charge on any atom is -0.462 e. The van der Waals surface area contributed by atoms with Crippen LogP contribution in [0.4, 0.5) is 16.5 Å². The van der Waals surface area contributed by atoms with E-state index in [2.05, 4.69) is 14.7 Å². The molecule has 7 heteroatoms. The Kier molecular flexibility index (Phi) is 3.96. The zero-order chi connectivity index (χ0) is 13.8. The summed E-state index contributed by atoms with van der Waals surface area (Å²) in [5, 5.41) is 3.72. The van der Waals surface area contributed by atoms with Gasteiger partial charge >= 0.3 is 5.97 Å². The number of nitrogens with one attached hydrogen (secondary N) is 1. The van der Waals surface area contributed by atoms with Crippen LogP contribution in [0, 0.1) is 6.92 Å². The van der Waals surface area contributed by atoms with Gasteiger partial charge in [-0.2, -0.15) is 4.37 Å². The summed E-state index contributed by atoms with van der Waals surface area (Å²) in [6.07, 6.45) is 0. The first-order valence-corrected chi connectivity index (χ1v) is 6.51. The number of esters is 1. The van der Waals surface area contributed by atoms with Crippen LogP contribution in [0.1, 0.15) is 23.1 Å². The molecule has 0 saturated heterocycles. The van der Waals surface area contributed by atoms with Gasteiger partial charge in [0.1, 0.15) is 5.82 Å². The Hall–Kier alpha value is -2.15. The van der Waals surface area contributed by atoms with Gasteiger partial charge in [0.25, 0.3) is 0 Å². The van der Waals surface area contributed by atoms with Gasteiger partial charge in [-0.25, -0.2) is 9.78 Å². The highest BCUT2D eigenvalue weighted by atomic mass is 32.1. The van der Waals surface area contributed by atoms with Crippen molar-refractivity contribution < 1.29 is 9.53 Å². The molecule has 1 aromatic carbocycles. The molecule has 0 aliphatic rings. The Morgan fingerprint density at radius 2 is 2.32 bits per heavy atom. The molecule has 19 heavy (non-hydrogen) atoms. The minimum atomic E-state index is -0.382. The van der Waals surface area contributed by atoms with Crippen LogP contribution in [0.25, 0.3) is 0 Å². The second kappa shape index (κ2) is 5.66. The molecule has 0 unspecified atom stereocenters. The zero-order valence-corrected chi connectivity index (χ0v) is 11.5. The topological polar surface area (TPSA) is 90.1 Å². The third-order valence-corrected chi connectivity index (χ3v) is 3.05. The van der Waals surface area contributed by atoms with Gasteiger partial charge < -0.3 is 15.8 Å². The van der Waals surface area contributed by atoms with Gasteiger partial charge in [-0.05, 0) is 32.0 Å². The van der Waals surface area contributed by atoms with Crippen LogP contribution >= 0.6 is 11.5 Å². The Morgan fingerprint density at radius 1 is 1.53 bits per heavy atom. The van der Waals surface area contributed by atoms with Gasteiger partial charge in [-0.1, -0.05) is 0 Å². The first-order valence-electron chi connectivity index (χ1n) is 5.74. The summed E-state index contributed by atoms with van der Waals surface area (Å²) in [6, 6.07) is 4.96. The van der Waals surface area contributed by atoms with Crippen molar-refractivity contribution >= 4 is 34.0 Å². The maximum absolute atomic E-state index is 11.6. The average molecular weight is 278 g/mol. The molecule has 0 saturated carbocycles. The molecule has 0 atom stereocenters. The number of rotatable bonds is 4. The SMILES string of the molecule is CCOC(=O)c1ccc(Nc2nc(C)ns2)c(N)c1. The van der Waals surface area contributed by atoms with Gasteiger partial charge in [0.2, 0.25) is 5.13 Å². The maximum Gasteiger partial charge on any atom is 0.338 e. The van der Waals surface area contributed by atoms with Crippen molar-refractivity contribution in [2.75, 3.05) is 17.7 Å². The number of anilines is 3. The van der Waals surface area contributed by atoms with Gasteiger partial charge in [-0.15, -0.1) is 0 Å². The monoisotopic (exact) mass is 278 g/mol. The molecule has 0 aliphatic carbocycles. The molecule has 2 aromatic rings. The number of nitrogens with two attached hydrogens (primary N) is 1. The lowest BCUT2D eigenvalue weighted by Crippen LogP contribution is -2.06. The van der Waals surface area contributed by atoms with Gasteiger partial charge in [0.05, 0.1) is 23.5 Å². The van der Waals surface area contributed by atoms with Gasteiger partial charge in [0, 0.05) is 11.5 Å². The van der Waals surface area contributed by atoms with E-state index < -0.39 is 0 Å². The molecular formula is C12H14N4O2S. The Bertz CT molecular complexity index is 597. The normalized spacial score (nSPS) is 10.2. The van der Waals surface area contributed by atoms with E-state index in [9.17, 15) is 4.79 Å². The molecule has 0 fully saturated rings. The number of carbonyl (C=O) groups excluding carboxylic acids is 1. The van der Waals surface area contributed by atoms with Crippen molar-refractivity contribution in [2.24, 2.45) is 0 Å². The molecule has 0 spiro atoms. The quantitative estimate of drug-likeness (QED) is 0.659. The number of nitrogen functional groups attached to an aromatic ring is 1. The molecule has 2 rings (SSSR count). The van der Waals surface area contributed by atoms with Crippen LogP contribution in [-0.2, 0) is 4.74 Å². The summed E-state index contributed by atoms with van der Waals surface area (Å²) in [4.78, 5) is 15.7. The van der Waals surface area contributed by atoms with Crippen molar-refractivity contribution in [3.63, 3.8) is 0 Å².